The Kier molecular flexibility index (Phi) is 2.92. The second kappa shape index (κ2) is 3.67. The SMILES string of the molecule is Nc1ccc([C@H](N)C(F)(F)F)c(Cl)c1. The van der Waals surface area contributed by atoms with Gasteiger partial charge in [0.1, 0.15) is 6.04 Å². The first kappa shape index (κ1) is 11.1. The number of benzene rings is 1. The molecule has 0 aliphatic carbocycles. The zero-order valence-electron chi connectivity index (χ0n) is 6.98. The van der Waals surface area contributed by atoms with Gasteiger partial charge in [-0.25, -0.2) is 0 Å². The van der Waals surface area contributed by atoms with Crippen LogP contribution in [-0.2, 0) is 0 Å². The van der Waals surface area contributed by atoms with Crippen LogP contribution in [0.25, 0.3) is 0 Å². The Labute approximate surface area is 83.6 Å². The lowest BCUT2D eigenvalue weighted by molar-refractivity contribution is -0.149. The highest BCUT2D eigenvalue weighted by molar-refractivity contribution is 6.31. The molecule has 0 aliphatic heterocycles. The molecule has 2 nitrogen and oxygen atoms in total. The molecule has 0 bridgehead atoms. The zero-order valence-corrected chi connectivity index (χ0v) is 7.73. The number of nitrogen functional groups attached to an aromatic ring is 1. The highest BCUT2D eigenvalue weighted by atomic mass is 35.5. The first-order valence-corrected chi connectivity index (χ1v) is 4.07. The molecule has 1 aromatic rings. The van der Waals surface area contributed by atoms with E-state index < -0.39 is 12.2 Å². The topological polar surface area (TPSA) is 52.0 Å². The normalized spacial score (nSPS) is 14.1. The number of anilines is 1. The Morgan fingerprint density at radius 3 is 2.29 bits per heavy atom. The van der Waals surface area contributed by atoms with Crippen LogP contribution in [0.15, 0.2) is 18.2 Å². The van der Waals surface area contributed by atoms with E-state index in [0.717, 1.165) is 0 Å². The summed E-state index contributed by atoms with van der Waals surface area (Å²) < 4.78 is 36.6. The largest absolute Gasteiger partial charge is 0.407 e. The van der Waals surface area contributed by atoms with Gasteiger partial charge in [-0.3, -0.25) is 0 Å². The number of alkyl halides is 3. The van der Waals surface area contributed by atoms with Crippen LogP contribution >= 0.6 is 11.6 Å². The Bertz CT molecular complexity index is 338. The lowest BCUT2D eigenvalue weighted by Gasteiger charge is -2.17. The first-order valence-electron chi connectivity index (χ1n) is 3.69. The van der Waals surface area contributed by atoms with Crippen molar-refractivity contribution in [2.45, 2.75) is 12.2 Å². The molecule has 4 N–H and O–H groups in total. The summed E-state index contributed by atoms with van der Waals surface area (Å²) in [5.41, 5.74) is 10.4. The molecule has 0 aromatic heterocycles. The molecule has 0 heterocycles. The minimum atomic E-state index is -4.50. The third kappa shape index (κ3) is 2.30. The third-order valence-corrected chi connectivity index (χ3v) is 2.04. The fraction of sp³-hybridized carbons (Fsp3) is 0.250. The monoisotopic (exact) mass is 224 g/mol. The predicted molar refractivity (Wildman–Crippen MR) is 48.8 cm³/mol. The van der Waals surface area contributed by atoms with E-state index >= 15 is 0 Å². The zero-order chi connectivity index (χ0) is 10.9. The van der Waals surface area contributed by atoms with E-state index in [4.69, 9.17) is 23.1 Å². The van der Waals surface area contributed by atoms with Crippen molar-refractivity contribution in [2.75, 3.05) is 5.73 Å². The van der Waals surface area contributed by atoms with Crippen LogP contribution < -0.4 is 11.5 Å². The minimum Gasteiger partial charge on any atom is -0.399 e. The molecule has 1 aromatic carbocycles. The summed E-state index contributed by atoms with van der Waals surface area (Å²) in [4.78, 5) is 0. The molecule has 1 atom stereocenters. The number of halogens is 4. The minimum absolute atomic E-state index is 0.0742. The van der Waals surface area contributed by atoms with E-state index in [1.54, 1.807) is 0 Å². The standard InChI is InChI=1S/C8H8ClF3N2/c9-6-3-4(13)1-2-5(6)7(14)8(10,11)12/h1-3,7H,13-14H2/t7-/m0/s1. The van der Waals surface area contributed by atoms with E-state index in [1.807, 2.05) is 0 Å². The van der Waals surface area contributed by atoms with Gasteiger partial charge < -0.3 is 11.5 Å². The highest BCUT2D eigenvalue weighted by Gasteiger charge is 2.38. The summed E-state index contributed by atoms with van der Waals surface area (Å²) in [6, 6.07) is 1.67. The van der Waals surface area contributed by atoms with Crippen molar-refractivity contribution in [2.24, 2.45) is 5.73 Å². The Balaban J connectivity index is 3.08. The maximum atomic E-state index is 12.2. The molecule has 0 spiro atoms. The second-order valence-electron chi connectivity index (χ2n) is 2.80. The second-order valence-corrected chi connectivity index (χ2v) is 3.21. The van der Waals surface area contributed by atoms with E-state index in [0.29, 0.717) is 5.69 Å². The molecule has 14 heavy (non-hydrogen) atoms. The molecule has 0 saturated carbocycles. The Hall–Kier alpha value is -0.940. The summed E-state index contributed by atoms with van der Waals surface area (Å²) in [5.74, 6) is 0. The van der Waals surface area contributed by atoms with Crippen LogP contribution in [0, 0.1) is 0 Å². The molecule has 78 valence electrons. The maximum Gasteiger partial charge on any atom is 0.407 e. The molecule has 1 rings (SSSR count). The number of hydrogen-bond acceptors (Lipinski definition) is 2. The summed E-state index contributed by atoms with van der Waals surface area (Å²) in [6.07, 6.45) is -4.50. The van der Waals surface area contributed by atoms with Crippen LogP contribution in [0.3, 0.4) is 0 Å². The van der Waals surface area contributed by atoms with Gasteiger partial charge in [0.25, 0.3) is 0 Å². The molecule has 0 saturated heterocycles. The fourth-order valence-corrected chi connectivity index (χ4v) is 1.28. The molecule has 0 radical (unpaired) electrons. The van der Waals surface area contributed by atoms with Gasteiger partial charge in [0.2, 0.25) is 0 Å². The Morgan fingerprint density at radius 1 is 1.29 bits per heavy atom. The van der Waals surface area contributed by atoms with Crippen LogP contribution in [0.5, 0.6) is 0 Å². The quantitative estimate of drug-likeness (QED) is 0.720. The summed E-state index contributed by atoms with van der Waals surface area (Å²) in [6.45, 7) is 0. The van der Waals surface area contributed by atoms with Gasteiger partial charge >= 0.3 is 6.18 Å². The van der Waals surface area contributed by atoms with Gasteiger partial charge in [0.15, 0.2) is 0 Å². The van der Waals surface area contributed by atoms with Crippen LogP contribution in [0.1, 0.15) is 11.6 Å². The average molecular weight is 225 g/mol. The van der Waals surface area contributed by atoms with Crippen molar-refractivity contribution in [3.63, 3.8) is 0 Å². The van der Waals surface area contributed by atoms with Crippen molar-refractivity contribution >= 4 is 17.3 Å². The van der Waals surface area contributed by atoms with E-state index in [1.165, 1.54) is 18.2 Å². The van der Waals surface area contributed by atoms with Gasteiger partial charge in [0.05, 0.1) is 0 Å². The van der Waals surface area contributed by atoms with Crippen molar-refractivity contribution in [3.8, 4) is 0 Å². The first-order chi connectivity index (χ1) is 6.32. The predicted octanol–water partition coefficient (Wildman–Crippen LogP) is 2.48. The van der Waals surface area contributed by atoms with E-state index in [-0.39, 0.29) is 10.6 Å². The fourth-order valence-electron chi connectivity index (χ4n) is 0.972. The third-order valence-electron chi connectivity index (χ3n) is 1.71. The van der Waals surface area contributed by atoms with Crippen molar-refractivity contribution in [1.29, 1.82) is 0 Å². The molecule has 0 amide bonds. The molecule has 6 heteroatoms. The van der Waals surface area contributed by atoms with Gasteiger partial charge in [-0.1, -0.05) is 17.7 Å². The van der Waals surface area contributed by atoms with Gasteiger partial charge in [-0.05, 0) is 17.7 Å². The molecule has 0 fully saturated rings. The van der Waals surface area contributed by atoms with Crippen LogP contribution in [0.4, 0.5) is 18.9 Å². The molecular weight excluding hydrogens is 217 g/mol. The summed E-state index contributed by atoms with van der Waals surface area (Å²) >= 11 is 5.57. The number of nitrogens with two attached hydrogens (primary N) is 2. The number of hydrogen-bond donors (Lipinski definition) is 2. The molecule has 0 aliphatic rings. The Morgan fingerprint density at radius 2 is 1.86 bits per heavy atom. The van der Waals surface area contributed by atoms with Crippen molar-refractivity contribution in [3.05, 3.63) is 28.8 Å². The van der Waals surface area contributed by atoms with Crippen LogP contribution in [-0.4, -0.2) is 6.18 Å². The van der Waals surface area contributed by atoms with Gasteiger partial charge in [0, 0.05) is 10.7 Å². The van der Waals surface area contributed by atoms with Gasteiger partial charge in [-0.15, -0.1) is 0 Å². The van der Waals surface area contributed by atoms with Crippen molar-refractivity contribution in [1.82, 2.24) is 0 Å². The van der Waals surface area contributed by atoms with Crippen LogP contribution in [0.2, 0.25) is 5.02 Å². The molecular formula is C8H8ClF3N2. The number of rotatable bonds is 1. The highest BCUT2D eigenvalue weighted by Crippen LogP contribution is 2.34. The van der Waals surface area contributed by atoms with E-state index in [2.05, 4.69) is 0 Å². The van der Waals surface area contributed by atoms with Gasteiger partial charge in [-0.2, -0.15) is 13.2 Å². The average Bonchev–Trinajstić information content (AvgIpc) is 2.01. The van der Waals surface area contributed by atoms with E-state index in [9.17, 15) is 13.2 Å². The maximum absolute atomic E-state index is 12.2. The summed E-state index contributed by atoms with van der Waals surface area (Å²) in [7, 11) is 0. The summed E-state index contributed by atoms with van der Waals surface area (Å²) in [5, 5.41) is -0.0742. The lowest BCUT2D eigenvalue weighted by Crippen LogP contribution is -2.28. The molecule has 0 unspecified atom stereocenters. The van der Waals surface area contributed by atoms with Crippen molar-refractivity contribution < 1.29 is 13.2 Å². The lowest BCUT2D eigenvalue weighted by atomic mass is 10.1. The smallest absolute Gasteiger partial charge is 0.399 e.